The summed E-state index contributed by atoms with van der Waals surface area (Å²) in [6.45, 7) is 1.91. The Morgan fingerprint density at radius 2 is 1.37 bits per heavy atom. The Morgan fingerprint density at radius 1 is 0.947 bits per heavy atom. The van der Waals surface area contributed by atoms with Crippen LogP contribution in [0.5, 0.6) is 0 Å². The highest BCUT2D eigenvalue weighted by Gasteiger charge is 2.34. The number of aliphatic hydroxyl groups is 1. The SMILES string of the molecule is CCC(CO)P(=O)(c1ccccc1)c1ccccc1. The molecule has 1 atom stereocenters. The fraction of sp³-hybridized carbons (Fsp3) is 0.250. The van der Waals surface area contributed by atoms with Crippen LogP contribution in [0.2, 0.25) is 0 Å². The van der Waals surface area contributed by atoms with Gasteiger partial charge in [-0.2, -0.15) is 0 Å². The van der Waals surface area contributed by atoms with Crippen molar-refractivity contribution in [1.82, 2.24) is 0 Å². The average molecular weight is 274 g/mol. The first kappa shape index (κ1) is 14.0. The number of hydrogen-bond donors (Lipinski definition) is 1. The third-order valence-corrected chi connectivity index (χ3v) is 7.16. The van der Waals surface area contributed by atoms with Gasteiger partial charge in [-0.1, -0.05) is 67.6 Å². The monoisotopic (exact) mass is 274 g/mol. The topological polar surface area (TPSA) is 37.3 Å². The minimum Gasteiger partial charge on any atom is -0.396 e. The second-order valence-electron chi connectivity index (χ2n) is 4.57. The van der Waals surface area contributed by atoms with Crippen molar-refractivity contribution in [2.75, 3.05) is 6.61 Å². The van der Waals surface area contributed by atoms with Gasteiger partial charge in [-0.15, -0.1) is 0 Å². The van der Waals surface area contributed by atoms with E-state index in [1.165, 1.54) is 0 Å². The molecule has 0 aliphatic carbocycles. The van der Waals surface area contributed by atoms with E-state index in [1.807, 2.05) is 67.6 Å². The van der Waals surface area contributed by atoms with E-state index in [0.29, 0.717) is 6.42 Å². The van der Waals surface area contributed by atoms with E-state index in [-0.39, 0.29) is 12.3 Å². The number of aliphatic hydroxyl groups excluding tert-OH is 1. The molecule has 0 aliphatic heterocycles. The molecule has 0 amide bonds. The van der Waals surface area contributed by atoms with Crippen molar-refractivity contribution < 1.29 is 9.67 Å². The zero-order valence-electron chi connectivity index (χ0n) is 11.1. The third kappa shape index (κ3) is 2.65. The molecule has 2 aromatic carbocycles. The second-order valence-corrected chi connectivity index (χ2v) is 7.65. The molecule has 2 nitrogen and oxygen atoms in total. The Labute approximate surface area is 114 Å². The average Bonchev–Trinajstić information content (AvgIpc) is 2.50. The highest BCUT2D eigenvalue weighted by Crippen LogP contribution is 2.49. The van der Waals surface area contributed by atoms with Crippen LogP contribution < -0.4 is 10.6 Å². The van der Waals surface area contributed by atoms with Gasteiger partial charge >= 0.3 is 0 Å². The van der Waals surface area contributed by atoms with E-state index < -0.39 is 7.14 Å². The quantitative estimate of drug-likeness (QED) is 0.851. The van der Waals surface area contributed by atoms with E-state index in [1.54, 1.807) is 0 Å². The molecule has 2 aromatic rings. The zero-order valence-corrected chi connectivity index (χ0v) is 12.0. The minimum absolute atomic E-state index is 0.0580. The van der Waals surface area contributed by atoms with Gasteiger partial charge < -0.3 is 9.67 Å². The lowest BCUT2D eigenvalue weighted by molar-refractivity contribution is 0.288. The summed E-state index contributed by atoms with van der Waals surface area (Å²) < 4.78 is 13.6. The predicted octanol–water partition coefficient (Wildman–Crippen LogP) is 2.77. The largest absolute Gasteiger partial charge is 0.396 e. The number of rotatable bonds is 5. The summed E-state index contributed by atoms with van der Waals surface area (Å²) in [6, 6.07) is 19.0. The Kier molecular flexibility index (Phi) is 4.57. The van der Waals surface area contributed by atoms with Gasteiger partial charge in [0.05, 0.1) is 6.61 Å². The molecule has 19 heavy (non-hydrogen) atoms. The molecule has 0 bridgehead atoms. The normalized spacial score (nSPS) is 13.2. The molecule has 0 saturated carbocycles. The van der Waals surface area contributed by atoms with Gasteiger partial charge in [0.2, 0.25) is 0 Å². The third-order valence-electron chi connectivity index (χ3n) is 3.48. The molecule has 100 valence electrons. The fourth-order valence-corrected chi connectivity index (χ4v) is 5.49. The van der Waals surface area contributed by atoms with Crippen LogP contribution >= 0.6 is 7.14 Å². The number of benzene rings is 2. The van der Waals surface area contributed by atoms with Crippen LogP contribution in [0.4, 0.5) is 0 Å². The van der Waals surface area contributed by atoms with Crippen LogP contribution in [0.25, 0.3) is 0 Å². The van der Waals surface area contributed by atoms with E-state index in [0.717, 1.165) is 10.6 Å². The second kappa shape index (κ2) is 6.18. The molecule has 0 fully saturated rings. The van der Waals surface area contributed by atoms with Crippen LogP contribution in [-0.2, 0) is 4.57 Å². The van der Waals surface area contributed by atoms with Crippen molar-refractivity contribution >= 4 is 17.8 Å². The molecule has 0 radical (unpaired) electrons. The zero-order chi connectivity index (χ0) is 13.7. The molecule has 3 heteroatoms. The highest BCUT2D eigenvalue weighted by atomic mass is 31.2. The van der Waals surface area contributed by atoms with Gasteiger partial charge in [0.1, 0.15) is 7.14 Å². The van der Waals surface area contributed by atoms with Crippen LogP contribution in [0, 0.1) is 0 Å². The predicted molar refractivity (Wildman–Crippen MR) is 80.9 cm³/mol. The molecule has 2 rings (SSSR count). The molecular formula is C16H19O2P. The van der Waals surface area contributed by atoms with Crippen molar-refractivity contribution in [2.24, 2.45) is 0 Å². The van der Waals surface area contributed by atoms with Gasteiger partial charge in [-0.25, -0.2) is 0 Å². The van der Waals surface area contributed by atoms with Crippen molar-refractivity contribution in [3.63, 3.8) is 0 Å². The standard InChI is InChI=1S/C16H19O2P/c1-2-14(13-17)19(18,15-9-5-3-6-10-15)16-11-7-4-8-12-16/h3-12,14,17H,2,13H2,1H3. The summed E-state index contributed by atoms with van der Waals surface area (Å²) in [4.78, 5) is 0. The molecule has 0 saturated heterocycles. The lowest BCUT2D eigenvalue weighted by Gasteiger charge is -2.26. The summed E-state index contributed by atoms with van der Waals surface area (Å²) in [5, 5.41) is 11.3. The van der Waals surface area contributed by atoms with Gasteiger partial charge in [0.25, 0.3) is 0 Å². The maximum Gasteiger partial charge on any atom is 0.148 e. The van der Waals surface area contributed by atoms with Crippen molar-refractivity contribution in [1.29, 1.82) is 0 Å². The van der Waals surface area contributed by atoms with Crippen LogP contribution in [0.15, 0.2) is 60.7 Å². The van der Waals surface area contributed by atoms with Crippen molar-refractivity contribution in [3.8, 4) is 0 Å². The Hall–Kier alpha value is -1.37. The van der Waals surface area contributed by atoms with Gasteiger partial charge in [0, 0.05) is 16.3 Å². The molecular weight excluding hydrogens is 255 g/mol. The minimum atomic E-state index is -2.78. The summed E-state index contributed by atoms with van der Waals surface area (Å²) >= 11 is 0. The van der Waals surface area contributed by atoms with Gasteiger partial charge in [-0.3, -0.25) is 0 Å². The van der Waals surface area contributed by atoms with Crippen LogP contribution in [-0.4, -0.2) is 17.4 Å². The first-order valence-corrected chi connectivity index (χ1v) is 8.33. The number of hydrogen-bond acceptors (Lipinski definition) is 2. The van der Waals surface area contributed by atoms with E-state index in [4.69, 9.17) is 0 Å². The molecule has 0 aromatic heterocycles. The Bertz CT molecular complexity index is 504. The highest BCUT2D eigenvalue weighted by molar-refractivity contribution is 7.79. The first-order chi connectivity index (χ1) is 9.23. The first-order valence-electron chi connectivity index (χ1n) is 6.55. The van der Waals surface area contributed by atoms with E-state index >= 15 is 0 Å². The van der Waals surface area contributed by atoms with E-state index in [2.05, 4.69) is 0 Å². The molecule has 0 heterocycles. The molecule has 0 aliphatic rings. The van der Waals surface area contributed by atoms with Gasteiger partial charge in [-0.05, 0) is 6.42 Å². The van der Waals surface area contributed by atoms with E-state index in [9.17, 15) is 9.67 Å². The maximum absolute atomic E-state index is 13.6. The van der Waals surface area contributed by atoms with Crippen molar-refractivity contribution in [3.05, 3.63) is 60.7 Å². The molecule has 0 spiro atoms. The smallest absolute Gasteiger partial charge is 0.148 e. The Balaban J connectivity index is 2.61. The van der Waals surface area contributed by atoms with Crippen molar-refractivity contribution in [2.45, 2.75) is 19.0 Å². The molecule has 1 unspecified atom stereocenters. The lowest BCUT2D eigenvalue weighted by Crippen LogP contribution is -2.27. The summed E-state index contributed by atoms with van der Waals surface area (Å²) in [7, 11) is -2.78. The summed E-state index contributed by atoms with van der Waals surface area (Å²) in [5.74, 6) is 0. The van der Waals surface area contributed by atoms with Crippen LogP contribution in [0.1, 0.15) is 13.3 Å². The fourth-order valence-electron chi connectivity index (χ4n) is 2.37. The Morgan fingerprint density at radius 3 is 1.68 bits per heavy atom. The maximum atomic E-state index is 13.6. The van der Waals surface area contributed by atoms with Crippen LogP contribution in [0.3, 0.4) is 0 Å². The van der Waals surface area contributed by atoms with Gasteiger partial charge in [0.15, 0.2) is 0 Å². The summed E-state index contributed by atoms with van der Waals surface area (Å²) in [6.07, 6.45) is 0.692. The summed E-state index contributed by atoms with van der Waals surface area (Å²) in [5.41, 5.74) is -0.225. The lowest BCUT2D eigenvalue weighted by atomic mass is 10.3. The molecule has 1 N–H and O–H groups in total.